The van der Waals surface area contributed by atoms with E-state index >= 15 is 0 Å². The fraction of sp³-hybridized carbons (Fsp3) is 0.167. The summed E-state index contributed by atoms with van der Waals surface area (Å²) in [4.78, 5) is 21.8. The maximum Gasteiger partial charge on any atom is 0.413 e. The first kappa shape index (κ1) is 17.9. The molecule has 1 amide bonds. The number of carbonyl (C=O) groups excluding carboxylic acids is 1. The largest absolute Gasteiger partial charge is 0.611 e. The van der Waals surface area contributed by atoms with E-state index in [0.717, 1.165) is 7.11 Å². The normalized spacial score (nSPS) is 11.2. The lowest BCUT2D eigenvalue weighted by atomic mass is 10.2. The first-order valence-corrected chi connectivity index (χ1v) is 7.55. The Morgan fingerprint density at radius 2 is 2.27 bits per heavy atom. The Bertz CT molecular complexity index is 608. The number of benzene rings is 1. The lowest BCUT2D eigenvalue weighted by Crippen LogP contribution is -2.34. The van der Waals surface area contributed by atoms with Crippen molar-refractivity contribution in [3.63, 3.8) is 0 Å². The number of carbonyl (C=O) groups is 1. The number of hydrogen-bond acceptors (Lipinski definition) is 6. The zero-order valence-electron chi connectivity index (χ0n) is 11.5. The van der Waals surface area contributed by atoms with E-state index in [1.807, 2.05) is 0 Å². The Kier molecular flexibility index (Phi) is 6.76. The molecule has 1 aromatic rings. The Morgan fingerprint density at radius 1 is 1.59 bits per heavy atom. The van der Waals surface area contributed by atoms with Gasteiger partial charge in [0, 0.05) is 0 Å². The molecule has 0 saturated heterocycles. The summed E-state index contributed by atoms with van der Waals surface area (Å²) in [5.74, 6) is 0.187. The van der Waals surface area contributed by atoms with Crippen molar-refractivity contribution in [2.45, 2.75) is 4.90 Å². The van der Waals surface area contributed by atoms with Crippen molar-refractivity contribution in [2.75, 3.05) is 18.2 Å². The van der Waals surface area contributed by atoms with Crippen molar-refractivity contribution in [1.29, 1.82) is 0 Å². The third-order valence-corrected chi connectivity index (χ3v) is 3.87. The van der Waals surface area contributed by atoms with Crippen LogP contribution in [0.2, 0.25) is 0 Å². The van der Waals surface area contributed by atoms with Gasteiger partial charge in [-0.25, -0.2) is 4.79 Å². The number of nitro benzene ring substituents is 1. The molecule has 10 heteroatoms. The number of methoxy groups -OCH3 is 1. The molecule has 0 radical (unpaired) electrons. The second-order valence-corrected chi connectivity index (χ2v) is 5.71. The minimum atomic E-state index is -1.41. The van der Waals surface area contributed by atoms with E-state index in [2.05, 4.69) is 21.9 Å². The van der Waals surface area contributed by atoms with Gasteiger partial charge >= 0.3 is 6.09 Å². The molecule has 0 aliphatic rings. The fourth-order valence-electron chi connectivity index (χ4n) is 1.41. The number of anilines is 1. The van der Waals surface area contributed by atoms with Gasteiger partial charge in [-0.05, 0) is 41.6 Å². The number of nitrogens with one attached hydrogen (secondary N) is 2. The van der Waals surface area contributed by atoms with Gasteiger partial charge in [-0.1, -0.05) is 6.58 Å². The molecule has 0 aliphatic carbocycles. The van der Waals surface area contributed by atoms with E-state index in [4.69, 9.17) is 12.2 Å². The van der Waals surface area contributed by atoms with Crippen molar-refractivity contribution in [3.8, 4) is 0 Å². The van der Waals surface area contributed by atoms with Gasteiger partial charge in [-0.2, -0.15) is 0 Å². The summed E-state index contributed by atoms with van der Waals surface area (Å²) < 4.78 is 16.2. The monoisotopic (exact) mass is 343 g/mol. The molecule has 0 aliphatic heterocycles. The second-order valence-electron chi connectivity index (χ2n) is 3.81. The van der Waals surface area contributed by atoms with Crippen LogP contribution in [0.15, 0.2) is 35.7 Å². The van der Waals surface area contributed by atoms with E-state index in [1.54, 1.807) is 0 Å². The van der Waals surface area contributed by atoms with E-state index in [0.29, 0.717) is 4.90 Å². The van der Waals surface area contributed by atoms with Gasteiger partial charge in [0.05, 0.1) is 18.1 Å². The summed E-state index contributed by atoms with van der Waals surface area (Å²) in [5.41, 5.74) is -0.255. The molecule has 1 aromatic carbocycles. The highest BCUT2D eigenvalue weighted by molar-refractivity contribution is 7.91. The van der Waals surface area contributed by atoms with E-state index < -0.39 is 22.2 Å². The molecule has 118 valence electrons. The maximum absolute atomic E-state index is 11.8. The van der Waals surface area contributed by atoms with Crippen LogP contribution in [-0.4, -0.2) is 33.5 Å². The standard InChI is InChI=1S/C12H13N3O5S2/c1-3-6-22(19)8-4-5-9(10(7-8)15(17)18)13-11(21)14-12(16)20-2/h3-5,7H,1,6H2,2H3,(H2,13,14,16,21). The lowest BCUT2D eigenvalue weighted by Gasteiger charge is -2.11. The highest BCUT2D eigenvalue weighted by atomic mass is 32.2. The highest BCUT2D eigenvalue weighted by Gasteiger charge is 2.20. The topological polar surface area (TPSA) is 117 Å². The van der Waals surface area contributed by atoms with Crippen LogP contribution in [0, 0.1) is 10.1 Å². The molecule has 8 nitrogen and oxygen atoms in total. The average Bonchev–Trinajstić information content (AvgIpc) is 2.47. The minimum absolute atomic E-state index is 0.0609. The molecule has 0 aromatic heterocycles. The van der Waals surface area contributed by atoms with Crippen molar-refractivity contribution >= 4 is 46.0 Å². The molecule has 0 fully saturated rings. The van der Waals surface area contributed by atoms with Crippen molar-refractivity contribution < 1.29 is 19.0 Å². The highest BCUT2D eigenvalue weighted by Crippen LogP contribution is 2.28. The molecule has 1 unspecified atom stereocenters. The van der Waals surface area contributed by atoms with E-state index in [1.165, 1.54) is 24.3 Å². The van der Waals surface area contributed by atoms with Gasteiger partial charge in [0.25, 0.3) is 5.69 Å². The number of ether oxygens (including phenoxy) is 1. The molecule has 0 bridgehead atoms. The van der Waals surface area contributed by atoms with Crippen molar-refractivity contribution in [3.05, 3.63) is 41.0 Å². The smallest absolute Gasteiger partial charge is 0.413 e. The summed E-state index contributed by atoms with van der Waals surface area (Å²) in [6.07, 6.45) is 0.660. The van der Waals surface area contributed by atoms with Gasteiger partial charge < -0.3 is 14.6 Å². The quantitative estimate of drug-likeness (QED) is 0.276. The molecule has 0 saturated carbocycles. The molecule has 22 heavy (non-hydrogen) atoms. The lowest BCUT2D eigenvalue weighted by molar-refractivity contribution is -0.384. The number of alkyl carbamates (subject to hydrolysis) is 1. The summed E-state index contributed by atoms with van der Waals surface area (Å²) in [5, 5.41) is 15.6. The minimum Gasteiger partial charge on any atom is -0.611 e. The van der Waals surface area contributed by atoms with Crippen LogP contribution in [0.4, 0.5) is 16.2 Å². The van der Waals surface area contributed by atoms with Crippen molar-refractivity contribution in [1.82, 2.24) is 5.32 Å². The van der Waals surface area contributed by atoms with Crippen LogP contribution in [0.1, 0.15) is 0 Å². The van der Waals surface area contributed by atoms with Gasteiger partial charge in [-0.3, -0.25) is 15.4 Å². The number of nitrogens with zero attached hydrogens (tertiary/aromatic N) is 1. The van der Waals surface area contributed by atoms with Gasteiger partial charge in [0.15, 0.2) is 10.0 Å². The molecule has 0 spiro atoms. The van der Waals surface area contributed by atoms with Crippen LogP contribution in [0.25, 0.3) is 0 Å². The van der Waals surface area contributed by atoms with Crippen LogP contribution >= 0.6 is 12.2 Å². The Morgan fingerprint density at radius 3 is 2.82 bits per heavy atom. The molecular formula is C12H13N3O5S2. The summed E-state index contributed by atoms with van der Waals surface area (Å²) in [7, 11) is 1.16. The van der Waals surface area contributed by atoms with Gasteiger partial charge in [0.1, 0.15) is 11.4 Å². The van der Waals surface area contributed by atoms with E-state index in [9.17, 15) is 19.5 Å². The SMILES string of the molecule is C=CC[S+]([O-])c1ccc(NC(=S)NC(=O)OC)c([N+](=O)[O-])c1. The Hall–Kier alpha value is -2.17. The summed E-state index contributed by atoms with van der Waals surface area (Å²) in [6, 6.07) is 4.01. The molecule has 2 N–H and O–H groups in total. The molecule has 0 heterocycles. The van der Waals surface area contributed by atoms with Gasteiger partial charge in [0.2, 0.25) is 0 Å². The number of amides is 1. The first-order valence-electron chi connectivity index (χ1n) is 5.82. The number of nitro groups is 1. The fourth-order valence-corrected chi connectivity index (χ4v) is 2.47. The Balaban J connectivity index is 3.00. The van der Waals surface area contributed by atoms with Crippen LogP contribution < -0.4 is 10.6 Å². The molecule has 1 rings (SSSR count). The maximum atomic E-state index is 11.8. The predicted octanol–water partition coefficient (Wildman–Crippen LogP) is 1.94. The first-order chi connectivity index (χ1) is 10.4. The Labute approximate surface area is 134 Å². The molecule has 1 atom stereocenters. The van der Waals surface area contributed by atoms with Crippen LogP contribution in [0.3, 0.4) is 0 Å². The number of rotatable bonds is 5. The van der Waals surface area contributed by atoms with Crippen LogP contribution in [-0.2, 0) is 15.9 Å². The molecular weight excluding hydrogens is 330 g/mol. The number of hydrogen-bond donors (Lipinski definition) is 2. The van der Waals surface area contributed by atoms with Gasteiger partial charge in [-0.15, -0.1) is 0 Å². The third kappa shape index (κ3) is 4.98. The second kappa shape index (κ2) is 8.32. The van der Waals surface area contributed by atoms with Crippen LogP contribution in [0.5, 0.6) is 0 Å². The average molecular weight is 343 g/mol. The summed E-state index contributed by atoms with van der Waals surface area (Å²) >= 11 is 3.42. The zero-order valence-corrected chi connectivity index (χ0v) is 13.2. The zero-order chi connectivity index (χ0) is 16.7. The number of thiocarbonyl (C=S) groups is 1. The predicted molar refractivity (Wildman–Crippen MR) is 86.3 cm³/mol. The third-order valence-electron chi connectivity index (χ3n) is 2.35. The summed E-state index contributed by atoms with van der Waals surface area (Å²) in [6.45, 7) is 3.47. The van der Waals surface area contributed by atoms with E-state index in [-0.39, 0.29) is 22.2 Å². The van der Waals surface area contributed by atoms with Crippen molar-refractivity contribution in [2.24, 2.45) is 0 Å².